The largest absolute Gasteiger partial charge is 0.484 e. The smallest absolute Gasteiger partial charge is 0.260 e. The lowest BCUT2D eigenvalue weighted by atomic mass is 10.2. The van der Waals surface area contributed by atoms with E-state index >= 15 is 0 Å². The van der Waals surface area contributed by atoms with Crippen molar-refractivity contribution < 1.29 is 17.9 Å². The Kier molecular flexibility index (Phi) is 6.73. The lowest BCUT2D eigenvalue weighted by Gasteiger charge is -2.32. The highest BCUT2D eigenvalue weighted by atomic mass is 32.2. The maximum atomic E-state index is 12.8. The molecule has 0 N–H and O–H groups in total. The molecular weight excluding hydrogens is 366 g/mol. The summed E-state index contributed by atoms with van der Waals surface area (Å²) in [6.45, 7) is 4.31. The zero-order chi connectivity index (χ0) is 19.3. The van der Waals surface area contributed by atoms with Gasteiger partial charge < -0.3 is 14.5 Å². The van der Waals surface area contributed by atoms with Crippen molar-refractivity contribution >= 4 is 15.9 Å². The number of amides is 1. The molecule has 2 saturated heterocycles. The lowest BCUT2D eigenvalue weighted by molar-refractivity contribution is -0.134. The highest BCUT2D eigenvalue weighted by molar-refractivity contribution is 7.89. The van der Waals surface area contributed by atoms with Crippen LogP contribution in [-0.2, 0) is 14.8 Å². The van der Waals surface area contributed by atoms with Crippen LogP contribution in [0.1, 0.15) is 25.7 Å². The van der Waals surface area contributed by atoms with Gasteiger partial charge in [0.1, 0.15) is 5.75 Å². The van der Waals surface area contributed by atoms with Crippen molar-refractivity contribution in [2.24, 2.45) is 0 Å². The zero-order valence-corrected chi connectivity index (χ0v) is 16.8. The van der Waals surface area contributed by atoms with E-state index in [9.17, 15) is 13.2 Å². The van der Waals surface area contributed by atoms with Crippen LogP contribution in [0.4, 0.5) is 0 Å². The van der Waals surface area contributed by atoms with Crippen molar-refractivity contribution in [2.45, 2.75) is 30.6 Å². The summed E-state index contributed by atoms with van der Waals surface area (Å²) in [6, 6.07) is 6.38. The third-order valence-electron chi connectivity index (χ3n) is 5.24. The van der Waals surface area contributed by atoms with Crippen LogP contribution < -0.4 is 4.74 Å². The van der Waals surface area contributed by atoms with Crippen LogP contribution >= 0.6 is 0 Å². The monoisotopic (exact) mass is 395 g/mol. The number of benzene rings is 1. The Hall–Kier alpha value is -1.64. The number of piperazine rings is 1. The van der Waals surface area contributed by atoms with Crippen LogP contribution in [0.3, 0.4) is 0 Å². The van der Waals surface area contributed by atoms with Crippen LogP contribution in [0.2, 0.25) is 0 Å². The Balaban J connectivity index is 1.56. The topological polar surface area (TPSA) is 70.2 Å². The molecule has 2 heterocycles. The zero-order valence-electron chi connectivity index (χ0n) is 16.0. The molecule has 2 aliphatic heterocycles. The number of likely N-dealkylation sites (N-methyl/N-ethyl adjacent to an activating group) is 1. The molecule has 1 aromatic rings. The van der Waals surface area contributed by atoms with Gasteiger partial charge in [0.05, 0.1) is 4.90 Å². The summed E-state index contributed by atoms with van der Waals surface area (Å²) in [5, 5.41) is 0. The van der Waals surface area contributed by atoms with Gasteiger partial charge in [-0.05, 0) is 44.2 Å². The minimum Gasteiger partial charge on any atom is -0.484 e. The predicted molar refractivity (Wildman–Crippen MR) is 103 cm³/mol. The molecule has 3 rings (SSSR count). The molecule has 8 heteroatoms. The van der Waals surface area contributed by atoms with E-state index in [1.54, 1.807) is 33.5 Å². The second-order valence-electron chi connectivity index (χ2n) is 7.26. The lowest BCUT2D eigenvalue weighted by Crippen LogP contribution is -2.48. The molecule has 0 atom stereocenters. The number of hydrogen-bond acceptors (Lipinski definition) is 5. The second kappa shape index (κ2) is 9.03. The van der Waals surface area contributed by atoms with Crippen molar-refractivity contribution in [1.82, 2.24) is 14.1 Å². The van der Waals surface area contributed by atoms with E-state index in [4.69, 9.17) is 4.74 Å². The summed E-state index contributed by atoms with van der Waals surface area (Å²) in [5.74, 6) is 0.469. The molecule has 0 aromatic heterocycles. The fourth-order valence-electron chi connectivity index (χ4n) is 3.43. The quantitative estimate of drug-likeness (QED) is 0.754. The fraction of sp³-hybridized carbons (Fsp3) is 0.632. The average molecular weight is 396 g/mol. The van der Waals surface area contributed by atoms with Gasteiger partial charge in [0, 0.05) is 39.3 Å². The van der Waals surface area contributed by atoms with Gasteiger partial charge in [-0.2, -0.15) is 4.31 Å². The Bertz CT molecular complexity index is 720. The molecule has 0 bridgehead atoms. The first-order valence-electron chi connectivity index (χ1n) is 9.66. The SMILES string of the molecule is CN1CCN(C(=O)COc2ccc(S(=O)(=O)N3CCCCCC3)cc2)CC1. The van der Waals surface area contributed by atoms with E-state index in [2.05, 4.69) is 4.90 Å². The first-order chi connectivity index (χ1) is 13.0. The van der Waals surface area contributed by atoms with Crippen molar-refractivity contribution in [3.8, 4) is 5.75 Å². The first-order valence-corrected chi connectivity index (χ1v) is 11.1. The van der Waals surface area contributed by atoms with Crippen LogP contribution in [0.15, 0.2) is 29.2 Å². The summed E-state index contributed by atoms with van der Waals surface area (Å²) in [4.78, 5) is 16.5. The van der Waals surface area contributed by atoms with Crippen LogP contribution in [0.5, 0.6) is 5.75 Å². The maximum absolute atomic E-state index is 12.8. The van der Waals surface area contributed by atoms with Gasteiger partial charge in [-0.1, -0.05) is 12.8 Å². The van der Waals surface area contributed by atoms with Crippen molar-refractivity contribution in [2.75, 3.05) is 52.9 Å². The van der Waals surface area contributed by atoms with Gasteiger partial charge in [0.25, 0.3) is 5.91 Å². The van der Waals surface area contributed by atoms with E-state index in [0.717, 1.165) is 38.8 Å². The van der Waals surface area contributed by atoms with Gasteiger partial charge in [-0.15, -0.1) is 0 Å². The van der Waals surface area contributed by atoms with Crippen molar-refractivity contribution in [3.05, 3.63) is 24.3 Å². The highest BCUT2D eigenvalue weighted by Gasteiger charge is 2.25. The maximum Gasteiger partial charge on any atom is 0.260 e. The van der Waals surface area contributed by atoms with Crippen molar-refractivity contribution in [3.63, 3.8) is 0 Å². The van der Waals surface area contributed by atoms with E-state index in [-0.39, 0.29) is 17.4 Å². The molecule has 1 aromatic carbocycles. The minimum atomic E-state index is -3.46. The Morgan fingerprint density at radius 1 is 0.926 bits per heavy atom. The number of rotatable bonds is 5. The molecule has 0 spiro atoms. The van der Waals surface area contributed by atoms with E-state index in [1.165, 1.54) is 0 Å². The second-order valence-corrected chi connectivity index (χ2v) is 9.20. The molecular formula is C19H29N3O4S. The van der Waals surface area contributed by atoms with Gasteiger partial charge in [-0.3, -0.25) is 4.79 Å². The molecule has 2 fully saturated rings. The van der Waals surface area contributed by atoms with Crippen LogP contribution in [-0.4, -0.2) is 81.4 Å². The average Bonchev–Trinajstić information content (AvgIpc) is 2.97. The molecule has 27 heavy (non-hydrogen) atoms. The molecule has 7 nitrogen and oxygen atoms in total. The van der Waals surface area contributed by atoms with E-state index in [0.29, 0.717) is 31.9 Å². The van der Waals surface area contributed by atoms with Crippen LogP contribution in [0, 0.1) is 0 Å². The molecule has 0 unspecified atom stereocenters. The van der Waals surface area contributed by atoms with E-state index in [1.807, 2.05) is 7.05 Å². The van der Waals surface area contributed by atoms with Gasteiger partial charge in [0.2, 0.25) is 10.0 Å². The number of sulfonamides is 1. The van der Waals surface area contributed by atoms with Crippen molar-refractivity contribution in [1.29, 1.82) is 0 Å². The number of hydrogen-bond donors (Lipinski definition) is 0. The normalized spacial score (nSPS) is 20.3. The number of carbonyl (C=O) groups excluding carboxylic acids is 1. The standard InChI is InChI=1S/C19H29N3O4S/c1-20-12-14-21(15-13-20)19(23)16-26-17-6-8-18(9-7-17)27(24,25)22-10-4-2-3-5-11-22/h6-9H,2-5,10-16H2,1H3. The third-order valence-corrected chi connectivity index (χ3v) is 7.16. The Labute approximate surface area is 161 Å². The fourth-order valence-corrected chi connectivity index (χ4v) is 4.95. The van der Waals surface area contributed by atoms with Gasteiger partial charge in [-0.25, -0.2) is 8.42 Å². The van der Waals surface area contributed by atoms with Crippen LogP contribution in [0.25, 0.3) is 0 Å². The summed E-state index contributed by atoms with van der Waals surface area (Å²) in [5.41, 5.74) is 0. The molecule has 0 radical (unpaired) electrons. The van der Waals surface area contributed by atoms with Gasteiger partial charge >= 0.3 is 0 Å². The molecule has 0 aliphatic carbocycles. The summed E-state index contributed by atoms with van der Waals surface area (Å²) < 4.78 is 32.7. The Morgan fingerprint density at radius 2 is 1.52 bits per heavy atom. The number of carbonyl (C=O) groups is 1. The minimum absolute atomic E-state index is 0.0259. The Morgan fingerprint density at radius 3 is 2.11 bits per heavy atom. The first kappa shape index (κ1) is 20.1. The molecule has 2 aliphatic rings. The molecule has 0 saturated carbocycles. The van der Waals surface area contributed by atoms with E-state index < -0.39 is 10.0 Å². The molecule has 1 amide bonds. The number of ether oxygens (including phenoxy) is 1. The van der Waals surface area contributed by atoms with Gasteiger partial charge in [0.15, 0.2) is 6.61 Å². The molecule has 150 valence electrons. The summed E-state index contributed by atoms with van der Waals surface area (Å²) in [7, 11) is -1.42. The third kappa shape index (κ3) is 5.21. The summed E-state index contributed by atoms with van der Waals surface area (Å²) >= 11 is 0. The number of nitrogens with zero attached hydrogens (tertiary/aromatic N) is 3. The highest BCUT2D eigenvalue weighted by Crippen LogP contribution is 2.22. The summed E-state index contributed by atoms with van der Waals surface area (Å²) in [6.07, 6.45) is 3.99. The predicted octanol–water partition coefficient (Wildman–Crippen LogP) is 1.40.